The van der Waals surface area contributed by atoms with E-state index < -0.39 is 0 Å². The molecule has 1 aromatic carbocycles. The molecular formula is C12H17BrO. The smallest absolute Gasteiger partial charge is 0.0464 e. The van der Waals surface area contributed by atoms with Crippen molar-refractivity contribution in [3.8, 4) is 0 Å². The lowest BCUT2D eigenvalue weighted by atomic mass is 9.90. The van der Waals surface area contributed by atoms with Gasteiger partial charge in [0.25, 0.3) is 0 Å². The van der Waals surface area contributed by atoms with E-state index in [1.165, 1.54) is 5.56 Å². The summed E-state index contributed by atoms with van der Waals surface area (Å²) in [6, 6.07) is 8.20. The lowest BCUT2D eigenvalue weighted by molar-refractivity contribution is 0.189. The highest BCUT2D eigenvalue weighted by Crippen LogP contribution is 2.22. The average molecular weight is 257 g/mol. The largest absolute Gasteiger partial charge is 0.396 e. The Morgan fingerprint density at radius 2 is 1.93 bits per heavy atom. The van der Waals surface area contributed by atoms with E-state index in [0.717, 1.165) is 10.9 Å². The Labute approximate surface area is 94.3 Å². The normalized spacial score (nSPS) is 13.2. The summed E-state index contributed by atoms with van der Waals surface area (Å²) in [6.07, 6.45) is 0.940. The topological polar surface area (TPSA) is 20.2 Å². The molecule has 0 radical (unpaired) electrons. The molecule has 0 fully saturated rings. The van der Waals surface area contributed by atoms with Crippen LogP contribution in [0.3, 0.4) is 0 Å². The van der Waals surface area contributed by atoms with Crippen molar-refractivity contribution in [3.05, 3.63) is 34.3 Å². The highest BCUT2D eigenvalue weighted by Gasteiger charge is 2.13. The third-order valence-corrected chi connectivity index (χ3v) is 3.39. The molecule has 1 rings (SSSR count). The maximum absolute atomic E-state index is 9.23. The standard InChI is InChI=1S/C12H17BrO/c1-9(2)11(8-14)7-10-5-3-4-6-12(10)13/h3-6,9,11,14H,7-8H2,1-2H3. The van der Waals surface area contributed by atoms with Crippen LogP contribution in [-0.4, -0.2) is 11.7 Å². The SMILES string of the molecule is CC(C)C(CO)Cc1ccccc1Br. The predicted molar refractivity (Wildman–Crippen MR) is 63.3 cm³/mol. The molecule has 1 N–H and O–H groups in total. The van der Waals surface area contributed by atoms with Crippen LogP contribution < -0.4 is 0 Å². The molecule has 0 aliphatic rings. The summed E-state index contributed by atoms with van der Waals surface area (Å²) in [4.78, 5) is 0. The first-order chi connectivity index (χ1) is 6.65. The molecular weight excluding hydrogens is 240 g/mol. The van der Waals surface area contributed by atoms with Crippen molar-refractivity contribution in [2.75, 3.05) is 6.61 Å². The molecule has 1 atom stereocenters. The number of aliphatic hydroxyl groups excluding tert-OH is 1. The van der Waals surface area contributed by atoms with Gasteiger partial charge in [0, 0.05) is 11.1 Å². The van der Waals surface area contributed by atoms with E-state index in [4.69, 9.17) is 0 Å². The van der Waals surface area contributed by atoms with Crippen molar-refractivity contribution < 1.29 is 5.11 Å². The molecule has 78 valence electrons. The van der Waals surface area contributed by atoms with Gasteiger partial charge in [-0.05, 0) is 29.9 Å². The van der Waals surface area contributed by atoms with Gasteiger partial charge in [-0.1, -0.05) is 48.0 Å². The van der Waals surface area contributed by atoms with Crippen LogP contribution in [0.5, 0.6) is 0 Å². The third kappa shape index (κ3) is 3.10. The number of benzene rings is 1. The van der Waals surface area contributed by atoms with E-state index in [1.54, 1.807) is 0 Å². The molecule has 0 aliphatic heterocycles. The van der Waals surface area contributed by atoms with Crippen LogP contribution in [0.1, 0.15) is 19.4 Å². The van der Waals surface area contributed by atoms with Gasteiger partial charge in [0.05, 0.1) is 0 Å². The number of aliphatic hydroxyl groups is 1. The zero-order valence-electron chi connectivity index (χ0n) is 8.70. The number of rotatable bonds is 4. The fourth-order valence-corrected chi connectivity index (χ4v) is 1.90. The minimum Gasteiger partial charge on any atom is -0.396 e. The molecule has 2 heteroatoms. The molecule has 0 spiro atoms. The van der Waals surface area contributed by atoms with Crippen molar-refractivity contribution in [3.63, 3.8) is 0 Å². The molecule has 0 aliphatic carbocycles. The van der Waals surface area contributed by atoms with Gasteiger partial charge in [-0.2, -0.15) is 0 Å². The molecule has 1 nitrogen and oxygen atoms in total. The van der Waals surface area contributed by atoms with Crippen molar-refractivity contribution in [1.82, 2.24) is 0 Å². The minimum atomic E-state index is 0.263. The van der Waals surface area contributed by atoms with Crippen LogP contribution in [0.4, 0.5) is 0 Å². The minimum absolute atomic E-state index is 0.263. The summed E-state index contributed by atoms with van der Waals surface area (Å²) in [5, 5.41) is 9.23. The van der Waals surface area contributed by atoms with Gasteiger partial charge in [-0.3, -0.25) is 0 Å². The van der Waals surface area contributed by atoms with Gasteiger partial charge in [-0.25, -0.2) is 0 Å². The van der Waals surface area contributed by atoms with Crippen LogP contribution in [0.25, 0.3) is 0 Å². The number of hydrogen-bond acceptors (Lipinski definition) is 1. The van der Waals surface area contributed by atoms with Crippen LogP contribution in [-0.2, 0) is 6.42 Å². The summed E-state index contributed by atoms with van der Waals surface area (Å²) in [7, 11) is 0. The Balaban J connectivity index is 2.72. The quantitative estimate of drug-likeness (QED) is 0.877. The van der Waals surface area contributed by atoms with Gasteiger partial charge in [0.2, 0.25) is 0 Å². The second kappa shape index (κ2) is 5.52. The Bertz CT molecular complexity index is 283. The predicted octanol–water partition coefficient (Wildman–Crippen LogP) is 3.26. The second-order valence-corrected chi connectivity index (χ2v) is 4.84. The molecule has 0 bridgehead atoms. The van der Waals surface area contributed by atoms with Crippen LogP contribution in [0.2, 0.25) is 0 Å². The van der Waals surface area contributed by atoms with Gasteiger partial charge in [0.1, 0.15) is 0 Å². The number of hydrogen-bond donors (Lipinski definition) is 1. The molecule has 0 saturated carbocycles. The summed E-state index contributed by atoms with van der Waals surface area (Å²) >= 11 is 3.52. The summed E-state index contributed by atoms with van der Waals surface area (Å²) < 4.78 is 1.14. The van der Waals surface area contributed by atoms with Gasteiger partial charge >= 0.3 is 0 Å². The number of halogens is 1. The Hall–Kier alpha value is -0.340. The fourth-order valence-electron chi connectivity index (χ4n) is 1.46. The Kier molecular flexibility index (Phi) is 4.63. The molecule has 14 heavy (non-hydrogen) atoms. The van der Waals surface area contributed by atoms with Crippen LogP contribution in [0.15, 0.2) is 28.7 Å². The van der Waals surface area contributed by atoms with Gasteiger partial charge < -0.3 is 5.11 Å². The fraction of sp³-hybridized carbons (Fsp3) is 0.500. The summed E-state index contributed by atoms with van der Waals surface area (Å²) in [5.74, 6) is 0.876. The Morgan fingerprint density at radius 1 is 1.29 bits per heavy atom. The van der Waals surface area contributed by atoms with E-state index in [-0.39, 0.29) is 6.61 Å². The maximum atomic E-state index is 9.23. The van der Waals surface area contributed by atoms with E-state index in [9.17, 15) is 5.11 Å². The second-order valence-electron chi connectivity index (χ2n) is 3.98. The first-order valence-corrected chi connectivity index (χ1v) is 5.78. The zero-order chi connectivity index (χ0) is 10.6. The highest BCUT2D eigenvalue weighted by molar-refractivity contribution is 9.10. The van der Waals surface area contributed by atoms with Crippen molar-refractivity contribution >= 4 is 15.9 Å². The first-order valence-electron chi connectivity index (χ1n) is 4.99. The maximum Gasteiger partial charge on any atom is 0.0464 e. The molecule has 1 aromatic rings. The summed E-state index contributed by atoms with van der Waals surface area (Å²) in [5.41, 5.74) is 1.28. The lowest BCUT2D eigenvalue weighted by Crippen LogP contribution is -2.16. The third-order valence-electron chi connectivity index (χ3n) is 2.62. The lowest BCUT2D eigenvalue weighted by Gasteiger charge is -2.18. The van der Waals surface area contributed by atoms with E-state index in [0.29, 0.717) is 11.8 Å². The summed E-state index contributed by atoms with van der Waals surface area (Å²) in [6.45, 7) is 4.56. The van der Waals surface area contributed by atoms with Crippen molar-refractivity contribution in [1.29, 1.82) is 0 Å². The Morgan fingerprint density at radius 3 is 2.43 bits per heavy atom. The van der Waals surface area contributed by atoms with Crippen LogP contribution in [0, 0.1) is 11.8 Å². The van der Waals surface area contributed by atoms with Gasteiger partial charge in [0.15, 0.2) is 0 Å². The molecule has 1 unspecified atom stereocenters. The van der Waals surface area contributed by atoms with Crippen LogP contribution >= 0.6 is 15.9 Å². The van der Waals surface area contributed by atoms with Crippen molar-refractivity contribution in [2.45, 2.75) is 20.3 Å². The zero-order valence-corrected chi connectivity index (χ0v) is 10.3. The van der Waals surface area contributed by atoms with E-state index in [1.807, 2.05) is 18.2 Å². The van der Waals surface area contributed by atoms with Gasteiger partial charge in [-0.15, -0.1) is 0 Å². The molecule has 0 heterocycles. The highest BCUT2D eigenvalue weighted by atomic mass is 79.9. The molecule has 0 amide bonds. The molecule has 0 saturated heterocycles. The first kappa shape index (κ1) is 11.7. The van der Waals surface area contributed by atoms with E-state index >= 15 is 0 Å². The monoisotopic (exact) mass is 256 g/mol. The van der Waals surface area contributed by atoms with Crippen molar-refractivity contribution in [2.24, 2.45) is 11.8 Å². The average Bonchev–Trinajstić information content (AvgIpc) is 2.16. The van der Waals surface area contributed by atoms with E-state index in [2.05, 4.69) is 35.8 Å². The molecule has 0 aromatic heterocycles.